The lowest BCUT2D eigenvalue weighted by Gasteiger charge is -2.58. The van der Waals surface area contributed by atoms with E-state index in [1.807, 2.05) is 19.9 Å². The van der Waals surface area contributed by atoms with Crippen LogP contribution in [0.1, 0.15) is 60.8 Å². The monoisotopic (exact) mass is 391 g/mol. The zero-order valence-electron chi connectivity index (χ0n) is 17.8. The van der Waals surface area contributed by atoms with Crippen LogP contribution in [0, 0.1) is 28.6 Å². The molecule has 1 aliphatic heterocycles. The van der Waals surface area contributed by atoms with Crippen molar-refractivity contribution in [3.05, 3.63) is 11.6 Å². The average Bonchev–Trinajstić information content (AvgIpc) is 2.97. The Balaban J connectivity index is 1.91. The standard InChI is InChI=1S/C22H33NO5/c1-12(2)18(23-13(3)24)20(26)28-17-9-10-21(4,5)16-8-7-14-15(22(16,17)6)11-27-19(14)25/h7,12,15-18H,8-11H2,1-6H3,(H,23,24)/t15-,16-,17+,18-,22-/m0/s1. The third-order valence-electron chi connectivity index (χ3n) is 7.29. The van der Waals surface area contributed by atoms with Crippen molar-refractivity contribution < 1.29 is 23.9 Å². The van der Waals surface area contributed by atoms with Gasteiger partial charge in [-0.2, -0.15) is 0 Å². The van der Waals surface area contributed by atoms with Crippen LogP contribution in [0.4, 0.5) is 0 Å². The summed E-state index contributed by atoms with van der Waals surface area (Å²) < 4.78 is 11.4. The van der Waals surface area contributed by atoms with Crippen LogP contribution in [0.5, 0.6) is 0 Å². The van der Waals surface area contributed by atoms with Crippen LogP contribution >= 0.6 is 0 Å². The van der Waals surface area contributed by atoms with Gasteiger partial charge in [0.05, 0.1) is 6.61 Å². The largest absolute Gasteiger partial charge is 0.462 e. The molecule has 0 unspecified atom stereocenters. The Kier molecular flexibility index (Phi) is 5.36. The summed E-state index contributed by atoms with van der Waals surface area (Å²) in [4.78, 5) is 36.7. The number of allylic oxidation sites excluding steroid dienone is 1. The number of amides is 1. The van der Waals surface area contributed by atoms with Gasteiger partial charge in [0.25, 0.3) is 0 Å². The maximum Gasteiger partial charge on any atom is 0.334 e. The first-order valence-corrected chi connectivity index (χ1v) is 10.3. The summed E-state index contributed by atoms with van der Waals surface area (Å²) in [7, 11) is 0. The van der Waals surface area contributed by atoms with Crippen molar-refractivity contribution >= 4 is 17.8 Å². The molecule has 3 rings (SSSR count). The highest BCUT2D eigenvalue weighted by molar-refractivity contribution is 5.91. The fourth-order valence-electron chi connectivity index (χ4n) is 5.67. The molecular weight excluding hydrogens is 358 g/mol. The molecule has 0 spiro atoms. The number of esters is 2. The Bertz CT molecular complexity index is 710. The number of carbonyl (C=O) groups excluding carboxylic acids is 3. The van der Waals surface area contributed by atoms with E-state index in [-0.39, 0.29) is 46.6 Å². The van der Waals surface area contributed by atoms with Crippen molar-refractivity contribution in [2.75, 3.05) is 6.61 Å². The van der Waals surface area contributed by atoms with Crippen molar-refractivity contribution in [3.63, 3.8) is 0 Å². The maximum atomic E-state index is 13.0. The molecule has 0 aromatic rings. The Hall–Kier alpha value is -1.85. The molecular formula is C22H33NO5. The number of ether oxygens (including phenoxy) is 2. The van der Waals surface area contributed by atoms with Crippen molar-refractivity contribution in [2.45, 2.75) is 73.0 Å². The lowest BCUT2D eigenvalue weighted by atomic mass is 9.48. The summed E-state index contributed by atoms with van der Waals surface area (Å²) in [5, 5.41) is 2.72. The van der Waals surface area contributed by atoms with Gasteiger partial charge in [-0.15, -0.1) is 0 Å². The lowest BCUT2D eigenvalue weighted by molar-refractivity contribution is -0.183. The van der Waals surface area contributed by atoms with Gasteiger partial charge in [-0.25, -0.2) is 9.59 Å². The molecule has 28 heavy (non-hydrogen) atoms. The van der Waals surface area contributed by atoms with Crippen LogP contribution in [0.2, 0.25) is 0 Å². The van der Waals surface area contributed by atoms with E-state index in [1.54, 1.807) is 0 Å². The van der Waals surface area contributed by atoms with Crippen LogP contribution in [0.3, 0.4) is 0 Å². The van der Waals surface area contributed by atoms with Gasteiger partial charge in [-0.1, -0.05) is 40.7 Å². The summed E-state index contributed by atoms with van der Waals surface area (Å²) in [6.07, 6.45) is 4.21. The molecule has 0 aromatic heterocycles. The van der Waals surface area contributed by atoms with Gasteiger partial charge < -0.3 is 14.8 Å². The molecule has 0 bridgehead atoms. The molecule has 1 heterocycles. The van der Waals surface area contributed by atoms with Crippen molar-refractivity contribution in [2.24, 2.45) is 28.6 Å². The topological polar surface area (TPSA) is 81.7 Å². The van der Waals surface area contributed by atoms with Crippen molar-refractivity contribution in [1.29, 1.82) is 0 Å². The van der Waals surface area contributed by atoms with Crippen molar-refractivity contribution in [1.82, 2.24) is 5.32 Å². The second-order valence-corrected chi connectivity index (χ2v) is 9.84. The number of nitrogens with one attached hydrogen (secondary N) is 1. The summed E-state index contributed by atoms with van der Waals surface area (Å²) in [6.45, 7) is 12.2. The summed E-state index contributed by atoms with van der Waals surface area (Å²) in [5.41, 5.74) is 0.450. The van der Waals surface area contributed by atoms with Crippen LogP contribution in [-0.2, 0) is 23.9 Å². The fraction of sp³-hybridized carbons (Fsp3) is 0.773. The summed E-state index contributed by atoms with van der Waals surface area (Å²) >= 11 is 0. The number of hydrogen-bond donors (Lipinski definition) is 1. The maximum absolute atomic E-state index is 13.0. The van der Waals surface area contributed by atoms with E-state index in [0.29, 0.717) is 6.61 Å². The van der Waals surface area contributed by atoms with Gasteiger partial charge >= 0.3 is 11.9 Å². The van der Waals surface area contributed by atoms with Gasteiger partial charge in [-0.3, -0.25) is 4.79 Å². The predicted molar refractivity (Wildman–Crippen MR) is 104 cm³/mol. The second-order valence-electron chi connectivity index (χ2n) is 9.84. The smallest absolute Gasteiger partial charge is 0.334 e. The quantitative estimate of drug-likeness (QED) is 0.745. The molecule has 1 amide bonds. The van der Waals surface area contributed by atoms with Crippen molar-refractivity contribution in [3.8, 4) is 0 Å². The molecule has 1 saturated heterocycles. The predicted octanol–water partition coefficient (Wildman–Crippen LogP) is 3.00. The molecule has 5 atom stereocenters. The number of cyclic esters (lactones) is 1. The van der Waals surface area contributed by atoms with E-state index < -0.39 is 12.0 Å². The molecule has 1 saturated carbocycles. The molecule has 6 nitrogen and oxygen atoms in total. The summed E-state index contributed by atoms with van der Waals surface area (Å²) in [5.74, 6) is -0.726. The van der Waals surface area contributed by atoms with Gasteiger partial charge in [0.15, 0.2) is 0 Å². The van der Waals surface area contributed by atoms with E-state index in [1.165, 1.54) is 6.92 Å². The minimum Gasteiger partial charge on any atom is -0.462 e. The van der Waals surface area contributed by atoms with Gasteiger partial charge in [-0.05, 0) is 36.5 Å². The first-order chi connectivity index (χ1) is 13.0. The van der Waals surface area contributed by atoms with Crippen LogP contribution < -0.4 is 5.32 Å². The molecule has 1 N–H and O–H groups in total. The van der Waals surface area contributed by atoms with Gasteiger partial charge in [0, 0.05) is 23.8 Å². The highest BCUT2D eigenvalue weighted by Gasteiger charge is 2.61. The number of rotatable bonds is 4. The Morgan fingerprint density at radius 2 is 1.96 bits per heavy atom. The normalized spacial score (nSPS) is 34.6. The molecule has 0 radical (unpaired) electrons. The van der Waals surface area contributed by atoms with E-state index >= 15 is 0 Å². The molecule has 156 valence electrons. The number of hydrogen-bond acceptors (Lipinski definition) is 5. The Morgan fingerprint density at radius 1 is 1.29 bits per heavy atom. The van der Waals surface area contributed by atoms with Crippen LogP contribution in [-0.4, -0.2) is 36.6 Å². The third-order valence-corrected chi connectivity index (χ3v) is 7.29. The van der Waals surface area contributed by atoms with Gasteiger partial charge in [0.2, 0.25) is 5.91 Å². The average molecular weight is 392 g/mol. The third kappa shape index (κ3) is 3.35. The first kappa shape index (κ1) is 20.9. The summed E-state index contributed by atoms with van der Waals surface area (Å²) in [6, 6.07) is -0.672. The highest BCUT2D eigenvalue weighted by atomic mass is 16.6. The molecule has 0 aromatic carbocycles. The van der Waals surface area contributed by atoms with E-state index in [4.69, 9.17) is 9.47 Å². The Labute approximate surface area is 167 Å². The minimum atomic E-state index is -0.672. The number of carbonyl (C=O) groups is 3. The highest BCUT2D eigenvalue weighted by Crippen LogP contribution is 2.61. The molecule has 3 aliphatic rings. The van der Waals surface area contributed by atoms with Gasteiger partial charge in [0.1, 0.15) is 12.1 Å². The Morgan fingerprint density at radius 3 is 2.57 bits per heavy atom. The minimum absolute atomic E-state index is 0.0607. The van der Waals surface area contributed by atoms with E-state index in [9.17, 15) is 14.4 Å². The second kappa shape index (κ2) is 7.20. The fourth-order valence-corrected chi connectivity index (χ4v) is 5.67. The zero-order valence-corrected chi connectivity index (χ0v) is 17.8. The molecule has 2 fully saturated rings. The first-order valence-electron chi connectivity index (χ1n) is 10.3. The SMILES string of the molecule is CC(=O)N[C@H](C(=O)O[C@@H]1CCC(C)(C)[C@@H]2CC=C3C(=O)OC[C@@H]3[C@]12C)C(C)C. The van der Waals surface area contributed by atoms with Crippen LogP contribution in [0.25, 0.3) is 0 Å². The van der Waals surface area contributed by atoms with E-state index in [2.05, 4.69) is 26.1 Å². The van der Waals surface area contributed by atoms with E-state index in [0.717, 1.165) is 24.8 Å². The van der Waals surface area contributed by atoms with Crippen LogP contribution in [0.15, 0.2) is 11.6 Å². The number of fused-ring (bicyclic) bond motifs is 3. The molecule has 2 aliphatic carbocycles. The zero-order chi connectivity index (χ0) is 20.9. The lowest BCUT2D eigenvalue weighted by Crippen LogP contribution is -2.58. The molecule has 6 heteroatoms.